The van der Waals surface area contributed by atoms with Crippen LogP contribution in [-0.4, -0.2) is 40.7 Å². The van der Waals surface area contributed by atoms with E-state index in [-0.39, 0.29) is 0 Å². The van der Waals surface area contributed by atoms with Crippen molar-refractivity contribution in [3.63, 3.8) is 0 Å². The van der Waals surface area contributed by atoms with E-state index in [2.05, 4.69) is 27.3 Å². The van der Waals surface area contributed by atoms with Crippen molar-refractivity contribution in [2.75, 3.05) is 19.6 Å². The molecular formula is C13H24N4O. The van der Waals surface area contributed by atoms with Crippen molar-refractivity contribution in [1.29, 1.82) is 0 Å². The largest absolute Gasteiger partial charge is 0.339 e. The minimum Gasteiger partial charge on any atom is -0.339 e. The number of hydrogen-bond acceptors (Lipinski definition) is 5. The summed E-state index contributed by atoms with van der Waals surface area (Å²) >= 11 is 0. The second kappa shape index (κ2) is 6.85. The second-order valence-electron chi connectivity index (χ2n) is 4.91. The van der Waals surface area contributed by atoms with Gasteiger partial charge in [-0.3, -0.25) is 4.90 Å². The lowest BCUT2D eigenvalue weighted by Gasteiger charge is -2.33. The van der Waals surface area contributed by atoms with Gasteiger partial charge in [-0.05, 0) is 38.9 Å². The second-order valence-corrected chi connectivity index (χ2v) is 4.91. The molecular weight excluding hydrogens is 228 g/mol. The first-order valence-electron chi connectivity index (χ1n) is 7.09. The molecule has 1 aromatic heterocycles. The van der Waals surface area contributed by atoms with Crippen LogP contribution in [0.5, 0.6) is 0 Å². The summed E-state index contributed by atoms with van der Waals surface area (Å²) in [7, 11) is 0. The van der Waals surface area contributed by atoms with E-state index in [0.29, 0.717) is 6.04 Å². The van der Waals surface area contributed by atoms with Crippen LogP contribution in [0, 0.1) is 0 Å². The van der Waals surface area contributed by atoms with E-state index in [1.165, 1.54) is 19.3 Å². The molecule has 0 bridgehead atoms. The van der Waals surface area contributed by atoms with Gasteiger partial charge in [-0.2, -0.15) is 4.98 Å². The van der Waals surface area contributed by atoms with Crippen molar-refractivity contribution in [3.05, 3.63) is 11.7 Å². The zero-order chi connectivity index (χ0) is 12.8. The van der Waals surface area contributed by atoms with Gasteiger partial charge in [-0.15, -0.1) is 0 Å². The van der Waals surface area contributed by atoms with E-state index in [1.807, 2.05) is 6.92 Å². The van der Waals surface area contributed by atoms with Gasteiger partial charge < -0.3 is 9.84 Å². The summed E-state index contributed by atoms with van der Waals surface area (Å²) in [6.07, 6.45) is 4.42. The van der Waals surface area contributed by atoms with Crippen LogP contribution in [-0.2, 0) is 13.0 Å². The SMILES string of the molecule is CCCN(Cc1noc(CC)n1)C1CCNCC1. The van der Waals surface area contributed by atoms with Crippen LogP contribution in [0.1, 0.15) is 44.8 Å². The van der Waals surface area contributed by atoms with Crippen molar-refractivity contribution in [1.82, 2.24) is 20.4 Å². The fraction of sp³-hybridized carbons (Fsp3) is 0.846. The van der Waals surface area contributed by atoms with Gasteiger partial charge in [0.15, 0.2) is 5.82 Å². The fourth-order valence-corrected chi connectivity index (χ4v) is 2.53. The van der Waals surface area contributed by atoms with Gasteiger partial charge in [-0.25, -0.2) is 0 Å². The monoisotopic (exact) mass is 252 g/mol. The van der Waals surface area contributed by atoms with Gasteiger partial charge in [0.2, 0.25) is 5.89 Å². The maximum absolute atomic E-state index is 5.18. The Bertz CT molecular complexity index is 347. The Morgan fingerprint density at radius 1 is 1.33 bits per heavy atom. The van der Waals surface area contributed by atoms with E-state index in [0.717, 1.165) is 44.3 Å². The summed E-state index contributed by atoms with van der Waals surface area (Å²) in [4.78, 5) is 6.92. The van der Waals surface area contributed by atoms with Crippen LogP contribution >= 0.6 is 0 Å². The van der Waals surface area contributed by atoms with Crippen molar-refractivity contribution in [2.24, 2.45) is 0 Å². The zero-order valence-electron chi connectivity index (χ0n) is 11.5. The smallest absolute Gasteiger partial charge is 0.226 e. The molecule has 2 rings (SSSR count). The number of nitrogens with zero attached hydrogens (tertiary/aromatic N) is 3. The Hall–Kier alpha value is -0.940. The standard InChI is InChI=1S/C13H24N4O/c1-3-9-17(11-5-7-14-8-6-11)10-12-15-13(4-2)18-16-12/h11,14H,3-10H2,1-2H3. The van der Waals surface area contributed by atoms with Gasteiger partial charge in [0, 0.05) is 12.5 Å². The molecule has 0 amide bonds. The number of hydrogen-bond donors (Lipinski definition) is 1. The predicted molar refractivity (Wildman–Crippen MR) is 70.3 cm³/mol. The van der Waals surface area contributed by atoms with Crippen LogP contribution in [0.3, 0.4) is 0 Å². The molecule has 102 valence electrons. The van der Waals surface area contributed by atoms with E-state index in [4.69, 9.17) is 4.52 Å². The van der Waals surface area contributed by atoms with Crippen LogP contribution in [0.25, 0.3) is 0 Å². The molecule has 18 heavy (non-hydrogen) atoms. The van der Waals surface area contributed by atoms with Crippen LogP contribution in [0.4, 0.5) is 0 Å². The molecule has 1 saturated heterocycles. The highest BCUT2D eigenvalue weighted by Gasteiger charge is 2.21. The molecule has 1 aliphatic heterocycles. The Balaban J connectivity index is 1.95. The lowest BCUT2D eigenvalue weighted by Crippen LogP contribution is -2.43. The van der Waals surface area contributed by atoms with Crippen LogP contribution in [0.15, 0.2) is 4.52 Å². The average Bonchev–Trinajstić information content (AvgIpc) is 2.87. The quantitative estimate of drug-likeness (QED) is 0.833. The predicted octanol–water partition coefficient (Wildman–Crippen LogP) is 1.60. The van der Waals surface area contributed by atoms with E-state index < -0.39 is 0 Å². The third-order valence-corrected chi connectivity index (χ3v) is 3.49. The number of rotatable bonds is 6. The first-order chi connectivity index (χ1) is 8.83. The molecule has 0 saturated carbocycles. The molecule has 1 fully saturated rings. The summed E-state index contributed by atoms with van der Waals surface area (Å²) in [5.41, 5.74) is 0. The Labute approximate surface area is 109 Å². The highest BCUT2D eigenvalue weighted by Crippen LogP contribution is 2.15. The maximum atomic E-state index is 5.18. The third kappa shape index (κ3) is 3.53. The van der Waals surface area contributed by atoms with Gasteiger partial charge in [0.25, 0.3) is 0 Å². The molecule has 0 spiro atoms. The molecule has 0 radical (unpaired) electrons. The Kier molecular flexibility index (Phi) is 5.13. The molecule has 2 heterocycles. The van der Waals surface area contributed by atoms with Gasteiger partial charge in [0.1, 0.15) is 0 Å². The summed E-state index contributed by atoms with van der Waals surface area (Å²) in [5, 5.41) is 7.47. The van der Waals surface area contributed by atoms with E-state index in [1.54, 1.807) is 0 Å². The van der Waals surface area contributed by atoms with Crippen LogP contribution < -0.4 is 5.32 Å². The summed E-state index contributed by atoms with van der Waals surface area (Å²) in [6, 6.07) is 0.662. The van der Waals surface area contributed by atoms with Gasteiger partial charge in [-0.1, -0.05) is 19.0 Å². The fourth-order valence-electron chi connectivity index (χ4n) is 2.53. The first kappa shape index (κ1) is 13.5. The molecule has 1 aromatic rings. The highest BCUT2D eigenvalue weighted by molar-refractivity contribution is 4.88. The lowest BCUT2D eigenvalue weighted by atomic mass is 10.0. The zero-order valence-corrected chi connectivity index (χ0v) is 11.5. The number of nitrogens with one attached hydrogen (secondary N) is 1. The minimum absolute atomic E-state index is 0.662. The molecule has 0 atom stereocenters. The highest BCUT2D eigenvalue weighted by atomic mass is 16.5. The molecule has 1 aliphatic rings. The molecule has 0 aliphatic carbocycles. The molecule has 0 unspecified atom stereocenters. The third-order valence-electron chi connectivity index (χ3n) is 3.49. The van der Waals surface area contributed by atoms with Crippen molar-refractivity contribution >= 4 is 0 Å². The first-order valence-corrected chi connectivity index (χ1v) is 7.09. The summed E-state index contributed by atoms with van der Waals surface area (Å²) in [5.74, 6) is 1.57. The van der Waals surface area contributed by atoms with Gasteiger partial charge >= 0.3 is 0 Å². The van der Waals surface area contributed by atoms with E-state index >= 15 is 0 Å². The topological polar surface area (TPSA) is 54.2 Å². The summed E-state index contributed by atoms with van der Waals surface area (Å²) in [6.45, 7) is 8.44. The maximum Gasteiger partial charge on any atom is 0.226 e. The lowest BCUT2D eigenvalue weighted by molar-refractivity contribution is 0.149. The van der Waals surface area contributed by atoms with E-state index in [9.17, 15) is 0 Å². The van der Waals surface area contributed by atoms with Gasteiger partial charge in [0.05, 0.1) is 6.54 Å². The van der Waals surface area contributed by atoms with Crippen molar-refractivity contribution in [3.8, 4) is 0 Å². The molecule has 5 nitrogen and oxygen atoms in total. The van der Waals surface area contributed by atoms with Crippen molar-refractivity contribution < 1.29 is 4.52 Å². The number of piperidine rings is 1. The van der Waals surface area contributed by atoms with Crippen molar-refractivity contribution in [2.45, 2.75) is 52.1 Å². The number of aromatic nitrogens is 2. The summed E-state index contributed by atoms with van der Waals surface area (Å²) < 4.78 is 5.18. The Morgan fingerprint density at radius 2 is 2.11 bits per heavy atom. The normalized spacial score (nSPS) is 17.5. The average molecular weight is 252 g/mol. The van der Waals surface area contributed by atoms with Crippen LogP contribution in [0.2, 0.25) is 0 Å². The molecule has 1 N–H and O–H groups in total. The number of aryl methyl sites for hydroxylation is 1. The molecule has 5 heteroatoms. The minimum atomic E-state index is 0.662. The molecule has 0 aromatic carbocycles. The Morgan fingerprint density at radius 3 is 2.72 bits per heavy atom.